The first-order valence-electron chi connectivity index (χ1n) is 8.69. The van der Waals surface area contributed by atoms with Crippen LogP contribution in [0.1, 0.15) is 5.56 Å². The molecule has 0 aliphatic carbocycles. The van der Waals surface area contributed by atoms with Crippen LogP contribution in [0.3, 0.4) is 0 Å². The van der Waals surface area contributed by atoms with E-state index in [1.807, 2.05) is 66.7 Å². The van der Waals surface area contributed by atoms with Gasteiger partial charge >= 0.3 is 0 Å². The van der Waals surface area contributed by atoms with Crippen LogP contribution in [0.15, 0.2) is 78.9 Å². The summed E-state index contributed by atoms with van der Waals surface area (Å²) in [5.41, 5.74) is 2.34. The third kappa shape index (κ3) is 6.01. The fraction of sp³-hybridized carbons (Fsp3) is 0.182. The molecule has 4 heteroatoms. The maximum atomic E-state index is 5.90. The molecular formula is C22H22ClNO2. The van der Waals surface area contributed by atoms with Gasteiger partial charge in [0.1, 0.15) is 24.7 Å². The van der Waals surface area contributed by atoms with Crippen molar-refractivity contribution in [2.75, 3.05) is 25.1 Å². The molecule has 0 bridgehead atoms. The summed E-state index contributed by atoms with van der Waals surface area (Å²) in [5.74, 6) is 1.70. The molecule has 3 aromatic rings. The molecule has 0 unspecified atom stereocenters. The Morgan fingerprint density at radius 1 is 0.692 bits per heavy atom. The van der Waals surface area contributed by atoms with Gasteiger partial charge in [-0.15, -0.1) is 0 Å². The van der Waals surface area contributed by atoms with Crippen molar-refractivity contribution < 1.29 is 9.47 Å². The second kappa shape index (κ2) is 9.73. The van der Waals surface area contributed by atoms with Gasteiger partial charge in [-0.2, -0.15) is 0 Å². The lowest BCUT2D eigenvalue weighted by molar-refractivity contribution is 0.217. The average molecular weight is 368 g/mol. The maximum Gasteiger partial charge on any atom is 0.122 e. The molecule has 0 amide bonds. The largest absolute Gasteiger partial charge is 0.490 e. The predicted octanol–water partition coefficient (Wildman–Crippen LogP) is 5.45. The van der Waals surface area contributed by atoms with Gasteiger partial charge in [0.15, 0.2) is 0 Å². The van der Waals surface area contributed by atoms with E-state index < -0.39 is 0 Å². The molecule has 0 radical (unpaired) electrons. The minimum atomic E-state index is 0.512. The summed E-state index contributed by atoms with van der Waals surface area (Å²) in [6.45, 7) is 1.90. The highest BCUT2D eigenvalue weighted by atomic mass is 35.5. The monoisotopic (exact) mass is 367 g/mol. The number of benzene rings is 3. The van der Waals surface area contributed by atoms with E-state index in [-0.39, 0.29) is 0 Å². The van der Waals surface area contributed by atoms with E-state index in [0.29, 0.717) is 13.2 Å². The van der Waals surface area contributed by atoms with Crippen LogP contribution < -0.4 is 14.8 Å². The molecule has 3 nitrogen and oxygen atoms in total. The van der Waals surface area contributed by atoms with Crippen molar-refractivity contribution in [3.8, 4) is 11.5 Å². The molecule has 0 heterocycles. The van der Waals surface area contributed by atoms with Gasteiger partial charge in [-0.1, -0.05) is 41.9 Å². The van der Waals surface area contributed by atoms with Crippen LogP contribution in [0.4, 0.5) is 5.69 Å². The highest BCUT2D eigenvalue weighted by Gasteiger charge is 1.98. The van der Waals surface area contributed by atoms with Crippen LogP contribution in [0.5, 0.6) is 11.5 Å². The summed E-state index contributed by atoms with van der Waals surface area (Å²) >= 11 is 5.90. The minimum absolute atomic E-state index is 0.512. The lowest BCUT2D eigenvalue weighted by Crippen LogP contribution is -2.09. The zero-order valence-electron chi connectivity index (χ0n) is 14.5. The summed E-state index contributed by atoms with van der Waals surface area (Å²) < 4.78 is 11.3. The van der Waals surface area contributed by atoms with Gasteiger partial charge in [-0.25, -0.2) is 0 Å². The van der Waals surface area contributed by atoms with E-state index in [2.05, 4.69) is 17.4 Å². The van der Waals surface area contributed by atoms with Gasteiger partial charge < -0.3 is 14.8 Å². The fourth-order valence-electron chi connectivity index (χ4n) is 2.51. The number of nitrogens with one attached hydrogen (secondary N) is 1. The van der Waals surface area contributed by atoms with Crippen LogP contribution >= 0.6 is 11.6 Å². The van der Waals surface area contributed by atoms with Gasteiger partial charge in [0.25, 0.3) is 0 Å². The highest BCUT2D eigenvalue weighted by molar-refractivity contribution is 6.30. The normalized spacial score (nSPS) is 10.3. The first-order chi connectivity index (χ1) is 12.8. The molecule has 1 N–H and O–H groups in total. The Kier molecular flexibility index (Phi) is 6.80. The number of hydrogen-bond donors (Lipinski definition) is 1. The van der Waals surface area contributed by atoms with Crippen LogP contribution in [0.2, 0.25) is 5.02 Å². The molecule has 0 spiro atoms. The number of anilines is 1. The second-order valence-corrected chi connectivity index (χ2v) is 6.27. The number of para-hydroxylation sites is 1. The molecule has 0 saturated carbocycles. The summed E-state index contributed by atoms with van der Waals surface area (Å²) in [6.07, 6.45) is 0.951. The summed E-state index contributed by atoms with van der Waals surface area (Å²) in [5, 5.41) is 4.18. The van der Waals surface area contributed by atoms with E-state index in [4.69, 9.17) is 21.1 Å². The lowest BCUT2D eigenvalue weighted by atomic mass is 10.1. The second-order valence-electron chi connectivity index (χ2n) is 5.84. The van der Waals surface area contributed by atoms with E-state index in [1.54, 1.807) is 0 Å². The average Bonchev–Trinajstić information content (AvgIpc) is 2.69. The summed E-state index contributed by atoms with van der Waals surface area (Å²) in [7, 11) is 0. The summed E-state index contributed by atoms with van der Waals surface area (Å²) in [6, 6.07) is 25.7. The number of halogens is 1. The number of rotatable bonds is 9. The molecule has 0 aromatic heterocycles. The Balaban J connectivity index is 1.35. The van der Waals surface area contributed by atoms with E-state index >= 15 is 0 Å². The fourth-order valence-corrected chi connectivity index (χ4v) is 2.63. The Morgan fingerprint density at radius 2 is 1.31 bits per heavy atom. The van der Waals surface area contributed by atoms with Crippen LogP contribution in [-0.4, -0.2) is 19.8 Å². The molecule has 0 aliphatic rings. The molecule has 0 atom stereocenters. The maximum absolute atomic E-state index is 5.90. The van der Waals surface area contributed by atoms with Crippen molar-refractivity contribution in [2.45, 2.75) is 6.42 Å². The highest BCUT2D eigenvalue weighted by Crippen LogP contribution is 2.16. The van der Waals surface area contributed by atoms with Gasteiger partial charge in [-0.3, -0.25) is 0 Å². The number of hydrogen-bond acceptors (Lipinski definition) is 3. The molecule has 3 aromatic carbocycles. The van der Waals surface area contributed by atoms with Gasteiger partial charge in [0.05, 0.1) is 0 Å². The van der Waals surface area contributed by atoms with Crippen molar-refractivity contribution in [3.05, 3.63) is 89.4 Å². The first-order valence-corrected chi connectivity index (χ1v) is 9.06. The number of ether oxygens (including phenoxy) is 2. The molecule has 26 heavy (non-hydrogen) atoms. The van der Waals surface area contributed by atoms with Crippen LogP contribution in [-0.2, 0) is 6.42 Å². The molecule has 3 rings (SSSR count). The SMILES string of the molecule is Clc1ccc(CCNc2ccc(OCCOc3ccccc3)cc2)cc1. The Bertz CT molecular complexity index is 774. The zero-order valence-corrected chi connectivity index (χ0v) is 15.3. The van der Waals surface area contributed by atoms with E-state index in [1.165, 1.54) is 5.56 Å². The quantitative estimate of drug-likeness (QED) is 0.510. The standard InChI is InChI=1S/C22H22ClNO2/c23-19-8-6-18(7-9-19)14-15-24-20-10-12-22(13-11-20)26-17-16-25-21-4-2-1-3-5-21/h1-13,24H,14-17H2. The van der Waals surface area contributed by atoms with Gasteiger partial charge in [0.2, 0.25) is 0 Å². The first kappa shape index (κ1) is 18.2. The van der Waals surface area contributed by atoms with E-state index in [0.717, 1.165) is 35.2 Å². The molecule has 0 fully saturated rings. The van der Waals surface area contributed by atoms with Crippen LogP contribution in [0, 0.1) is 0 Å². The molecule has 134 valence electrons. The molecule has 0 aliphatic heterocycles. The minimum Gasteiger partial charge on any atom is -0.490 e. The molecular weight excluding hydrogens is 346 g/mol. The van der Waals surface area contributed by atoms with Crippen molar-refractivity contribution in [3.63, 3.8) is 0 Å². The third-order valence-electron chi connectivity index (χ3n) is 3.87. The Morgan fingerprint density at radius 3 is 1.96 bits per heavy atom. The predicted molar refractivity (Wildman–Crippen MR) is 108 cm³/mol. The lowest BCUT2D eigenvalue weighted by Gasteiger charge is -2.10. The zero-order chi connectivity index (χ0) is 18.0. The van der Waals surface area contributed by atoms with Gasteiger partial charge in [-0.05, 0) is 60.5 Å². The smallest absolute Gasteiger partial charge is 0.122 e. The Labute approximate surface area is 159 Å². The van der Waals surface area contributed by atoms with Crippen molar-refractivity contribution in [1.82, 2.24) is 0 Å². The topological polar surface area (TPSA) is 30.5 Å². The Hall–Kier alpha value is -2.65. The third-order valence-corrected chi connectivity index (χ3v) is 4.13. The van der Waals surface area contributed by atoms with Crippen molar-refractivity contribution >= 4 is 17.3 Å². The summed E-state index contributed by atoms with van der Waals surface area (Å²) in [4.78, 5) is 0. The van der Waals surface area contributed by atoms with Crippen molar-refractivity contribution in [1.29, 1.82) is 0 Å². The van der Waals surface area contributed by atoms with Crippen LogP contribution in [0.25, 0.3) is 0 Å². The van der Waals surface area contributed by atoms with Gasteiger partial charge in [0, 0.05) is 17.3 Å². The molecule has 0 saturated heterocycles. The van der Waals surface area contributed by atoms with Crippen molar-refractivity contribution in [2.24, 2.45) is 0 Å². The van der Waals surface area contributed by atoms with E-state index in [9.17, 15) is 0 Å².